The van der Waals surface area contributed by atoms with E-state index in [1.807, 2.05) is 12.1 Å². The predicted octanol–water partition coefficient (Wildman–Crippen LogP) is 3.46. The number of furan rings is 2. The molecule has 22 heavy (non-hydrogen) atoms. The highest BCUT2D eigenvalue weighted by Crippen LogP contribution is 2.12. The third-order valence-electron chi connectivity index (χ3n) is 2.76. The van der Waals surface area contributed by atoms with Crippen LogP contribution in [0.1, 0.15) is 23.0 Å². The summed E-state index contributed by atoms with van der Waals surface area (Å²) in [5, 5.41) is 0. The van der Waals surface area contributed by atoms with Crippen LogP contribution >= 0.6 is 0 Å². The highest BCUT2D eigenvalue weighted by Gasteiger charge is 2.00. The van der Waals surface area contributed by atoms with Gasteiger partial charge in [-0.15, -0.1) is 0 Å². The summed E-state index contributed by atoms with van der Waals surface area (Å²) >= 11 is 0. The minimum atomic E-state index is -0.158. The Hall–Kier alpha value is -2.37. The molecule has 0 atom stereocenters. The standard InChI is InChI=1S/C17H18O5/c1-19-11-16-9-7-14(21-16)5-3-13(18)4-6-15-8-10-17(22-15)12-20-2/h3-10H,11-12H2,1-2H3/b5-3+,6-4+. The highest BCUT2D eigenvalue weighted by molar-refractivity contribution is 6.04. The van der Waals surface area contributed by atoms with Crippen LogP contribution < -0.4 is 0 Å². The topological polar surface area (TPSA) is 61.8 Å². The molecular weight excluding hydrogens is 284 g/mol. The lowest BCUT2D eigenvalue weighted by atomic mass is 10.3. The van der Waals surface area contributed by atoms with E-state index in [-0.39, 0.29) is 5.78 Å². The van der Waals surface area contributed by atoms with E-state index < -0.39 is 0 Å². The maximum absolute atomic E-state index is 11.7. The largest absolute Gasteiger partial charge is 0.459 e. The van der Waals surface area contributed by atoms with Gasteiger partial charge in [0.05, 0.1) is 0 Å². The van der Waals surface area contributed by atoms with Gasteiger partial charge in [0.1, 0.15) is 36.3 Å². The first-order valence-electron chi connectivity index (χ1n) is 6.76. The summed E-state index contributed by atoms with van der Waals surface area (Å²) in [6.07, 6.45) is 6.10. The monoisotopic (exact) mass is 302 g/mol. The Morgan fingerprint density at radius 1 is 0.909 bits per heavy atom. The molecule has 0 bridgehead atoms. The molecule has 2 aromatic rings. The summed E-state index contributed by atoms with van der Waals surface area (Å²) in [5.41, 5.74) is 0. The molecule has 0 unspecified atom stereocenters. The van der Waals surface area contributed by atoms with E-state index >= 15 is 0 Å². The number of hydrogen-bond acceptors (Lipinski definition) is 5. The summed E-state index contributed by atoms with van der Waals surface area (Å²) in [6, 6.07) is 7.18. The number of carbonyl (C=O) groups excluding carboxylic acids is 1. The molecule has 0 spiro atoms. The highest BCUT2D eigenvalue weighted by atomic mass is 16.5. The molecule has 2 heterocycles. The fourth-order valence-electron chi connectivity index (χ4n) is 1.79. The Kier molecular flexibility index (Phi) is 5.94. The van der Waals surface area contributed by atoms with Gasteiger partial charge in [-0.2, -0.15) is 0 Å². The lowest BCUT2D eigenvalue weighted by Crippen LogP contribution is -1.84. The number of hydrogen-bond donors (Lipinski definition) is 0. The van der Waals surface area contributed by atoms with Gasteiger partial charge in [0.25, 0.3) is 0 Å². The van der Waals surface area contributed by atoms with Crippen LogP contribution in [-0.4, -0.2) is 20.0 Å². The van der Waals surface area contributed by atoms with Gasteiger partial charge in [-0.05, 0) is 48.6 Å². The van der Waals surface area contributed by atoms with Crippen LogP contribution in [0.5, 0.6) is 0 Å². The Balaban J connectivity index is 1.90. The molecule has 116 valence electrons. The van der Waals surface area contributed by atoms with Crippen molar-refractivity contribution in [2.45, 2.75) is 13.2 Å². The minimum absolute atomic E-state index is 0.158. The van der Waals surface area contributed by atoms with Crippen LogP contribution in [0.25, 0.3) is 12.2 Å². The lowest BCUT2D eigenvalue weighted by molar-refractivity contribution is -0.110. The van der Waals surface area contributed by atoms with E-state index in [2.05, 4.69) is 0 Å². The van der Waals surface area contributed by atoms with Gasteiger partial charge in [0.2, 0.25) is 0 Å². The molecule has 2 rings (SSSR count). The first kappa shape index (κ1) is 16.0. The molecular formula is C17H18O5. The molecule has 0 amide bonds. The normalized spacial score (nSPS) is 11.7. The number of allylic oxidation sites excluding steroid dienone is 2. The summed E-state index contributed by atoms with van der Waals surface area (Å²) < 4.78 is 20.8. The average Bonchev–Trinajstić information content (AvgIpc) is 3.13. The van der Waals surface area contributed by atoms with Crippen molar-refractivity contribution in [2.24, 2.45) is 0 Å². The van der Waals surface area contributed by atoms with Gasteiger partial charge in [0.15, 0.2) is 5.78 Å². The van der Waals surface area contributed by atoms with E-state index in [1.54, 1.807) is 38.5 Å². The number of carbonyl (C=O) groups is 1. The quantitative estimate of drug-likeness (QED) is 0.699. The molecule has 0 fully saturated rings. The third-order valence-corrected chi connectivity index (χ3v) is 2.76. The van der Waals surface area contributed by atoms with Crippen LogP contribution in [0.2, 0.25) is 0 Å². The number of rotatable bonds is 8. The van der Waals surface area contributed by atoms with Crippen LogP contribution in [0, 0.1) is 0 Å². The summed E-state index contributed by atoms with van der Waals surface area (Å²) in [4.78, 5) is 11.7. The van der Waals surface area contributed by atoms with Gasteiger partial charge >= 0.3 is 0 Å². The molecule has 5 nitrogen and oxygen atoms in total. The zero-order valence-electron chi connectivity index (χ0n) is 12.6. The molecule has 2 aromatic heterocycles. The van der Waals surface area contributed by atoms with Crippen molar-refractivity contribution >= 4 is 17.9 Å². The Bertz CT molecular complexity index is 604. The maximum atomic E-state index is 11.7. The number of ether oxygens (including phenoxy) is 2. The molecule has 0 aliphatic rings. The molecule has 0 saturated heterocycles. The van der Waals surface area contributed by atoms with Crippen LogP contribution in [-0.2, 0) is 27.5 Å². The molecule has 0 saturated carbocycles. The molecule has 0 aliphatic heterocycles. The zero-order chi connectivity index (χ0) is 15.8. The van der Waals surface area contributed by atoms with Gasteiger partial charge < -0.3 is 18.3 Å². The van der Waals surface area contributed by atoms with Gasteiger partial charge in [-0.1, -0.05) is 0 Å². The molecule has 5 heteroatoms. The second kappa shape index (κ2) is 8.17. The van der Waals surface area contributed by atoms with E-state index in [4.69, 9.17) is 18.3 Å². The fourth-order valence-corrected chi connectivity index (χ4v) is 1.79. The smallest absolute Gasteiger partial charge is 0.178 e. The van der Waals surface area contributed by atoms with Crippen molar-refractivity contribution in [2.75, 3.05) is 14.2 Å². The lowest BCUT2D eigenvalue weighted by Gasteiger charge is -1.92. The fraction of sp³-hybridized carbons (Fsp3) is 0.235. The number of ketones is 1. The van der Waals surface area contributed by atoms with Crippen LogP contribution in [0.4, 0.5) is 0 Å². The third kappa shape index (κ3) is 4.87. The Morgan fingerprint density at radius 2 is 1.36 bits per heavy atom. The second-order valence-electron chi connectivity index (χ2n) is 4.54. The molecule has 0 aliphatic carbocycles. The van der Waals surface area contributed by atoms with Gasteiger partial charge in [-0.3, -0.25) is 4.79 Å². The Morgan fingerprint density at radius 3 is 1.77 bits per heavy atom. The van der Waals surface area contributed by atoms with E-state index in [1.165, 1.54) is 12.2 Å². The Labute approximate surface area is 128 Å². The summed E-state index contributed by atoms with van der Waals surface area (Å²) in [5.74, 6) is 2.48. The van der Waals surface area contributed by atoms with Crippen LogP contribution in [0.15, 0.2) is 45.3 Å². The van der Waals surface area contributed by atoms with Crippen molar-refractivity contribution in [1.82, 2.24) is 0 Å². The SMILES string of the molecule is COCc1ccc(/C=C/C(=O)/C=C/c2ccc(COC)o2)o1. The van der Waals surface area contributed by atoms with Crippen molar-refractivity contribution in [3.05, 3.63) is 59.5 Å². The first-order chi connectivity index (χ1) is 10.7. The zero-order valence-corrected chi connectivity index (χ0v) is 12.6. The maximum Gasteiger partial charge on any atom is 0.178 e. The van der Waals surface area contributed by atoms with Crippen molar-refractivity contribution in [1.29, 1.82) is 0 Å². The van der Waals surface area contributed by atoms with E-state index in [9.17, 15) is 4.79 Å². The summed E-state index contributed by atoms with van der Waals surface area (Å²) in [6.45, 7) is 0.813. The minimum Gasteiger partial charge on any atom is -0.459 e. The first-order valence-corrected chi connectivity index (χ1v) is 6.76. The van der Waals surface area contributed by atoms with Crippen molar-refractivity contribution < 1.29 is 23.1 Å². The summed E-state index contributed by atoms with van der Waals surface area (Å²) in [7, 11) is 3.19. The van der Waals surface area contributed by atoms with Gasteiger partial charge in [-0.25, -0.2) is 0 Å². The molecule has 0 aromatic carbocycles. The van der Waals surface area contributed by atoms with E-state index in [0.717, 1.165) is 0 Å². The van der Waals surface area contributed by atoms with Crippen molar-refractivity contribution in [3.63, 3.8) is 0 Å². The molecule has 0 radical (unpaired) electrons. The molecule has 0 N–H and O–H groups in total. The van der Waals surface area contributed by atoms with E-state index in [0.29, 0.717) is 36.3 Å². The van der Waals surface area contributed by atoms with Crippen LogP contribution in [0.3, 0.4) is 0 Å². The average molecular weight is 302 g/mol. The predicted molar refractivity (Wildman–Crippen MR) is 81.9 cm³/mol. The number of methoxy groups -OCH3 is 2. The second-order valence-corrected chi connectivity index (χ2v) is 4.54. The van der Waals surface area contributed by atoms with Crippen molar-refractivity contribution in [3.8, 4) is 0 Å². The van der Waals surface area contributed by atoms with Gasteiger partial charge in [0, 0.05) is 14.2 Å².